The standard InChI is InChI=1S/C12H17ClN2OS/c1-3-9(7-16)14-12(17)15-11-6-4-5-10(13)8(11)2/h4-6,9,16H,3,7H2,1-2H3,(H2,14,15,17)/t9-/m1/s1. The molecular weight excluding hydrogens is 256 g/mol. The number of aliphatic hydroxyl groups is 1. The number of nitrogens with one attached hydrogen (secondary N) is 2. The molecule has 0 unspecified atom stereocenters. The van der Waals surface area contributed by atoms with Gasteiger partial charge in [0.05, 0.1) is 12.6 Å². The average Bonchev–Trinajstić information content (AvgIpc) is 2.32. The van der Waals surface area contributed by atoms with Crippen LogP contribution in [0.3, 0.4) is 0 Å². The van der Waals surface area contributed by atoms with Crippen molar-refractivity contribution in [2.24, 2.45) is 0 Å². The monoisotopic (exact) mass is 272 g/mol. The zero-order valence-electron chi connectivity index (χ0n) is 9.96. The minimum Gasteiger partial charge on any atom is -0.394 e. The van der Waals surface area contributed by atoms with Crippen LogP contribution >= 0.6 is 23.8 Å². The Morgan fingerprint density at radius 2 is 2.24 bits per heavy atom. The summed E-state index contributed by atoms with van der Waals surface area (Å²) < 4.78 is 0. The quantitative estimate of drug-likeness (QED) is 0.738. The van der Waals surface area contributed by atoms with E-state index in [1.807, 2.05) is 32.0 Å². The third kappa shape index (κ3) is 4.15. The summed E-state index contributed by atoms with van der Waals surface area (Å²) in [4.78, 5) is 0. The number of thiocarbonyl (C=S) groups is 1. The van der Waals surface area contributed by atoms with E-state index in [4.69, 9.17) is 28.9 Å². The maximum Gasteiger partial charge on any atom is 0.171 e. The van der Waals surface area contributed by atoms with Gasteiger partial charge < -0.3 is 15.7 Å². The summed E-state index contributed by atoms with van der Waals surface area (Å²) in [5.41, 5.74) is 1.83. The molecular formula is C12H17ClN2OS. The van der Waals surface area contributed by atoms with Gasteiger partial charge in [0.1, 0.15) is 0 Å². The lowest BCUT2D eigenvalue weighted by molar-refractivity contribution is 0.253. The zero-order chi connectivity index (χ0) is 12.8. The van der Waals surface area contributed by atoms with Crippen molar-refractivity contribution in [2.75, 3.05) is 11.9 Å². The van der Waals surface area contributed by atoms with Gasteiger partial charge in [-0.15, -0.1) is 0 Å². The van der Waals surface area contributed by atoms with Crippen LogP contribution in [0, 0.1) is 6.92 Å². The molecule has 0 amide bonds. The van der Waals surface area contributed by atoms with Gasteiger partial charge in [-0.25, -0.2) is 0 Å². The van der Waals surface area contributed by atoms with Crippen molar-refractivity contribution >= 4 is 34.6 Å². The molecule has 0 heterocycles. The minimum absolute atomic E-state index is 0.0190. The number of anilines is 1. The molecule has 0 spiro atoms. The van der Waals surface area contributed by atoms with Crippen molar-refractivity contribution in [3.05, 3.63) is 28.8 Å². The highest BCUT2D eigenvalue weighted by molar-refractivity contribution is 7.80. The molecule has 17 heavy (non-hydrogen) atoms. The lowest BCUT2D eigenvalue weighted by atomic mass is 10.2. The van der Waals surface area contributed by atoms with Crippen molar-refractivity contribution in [1.29, 1.82) is 0 Å². The van der Waals surface area contributed by atoms with E-state index >= 15 is 0 Å². The van der Waals surface area contributed by atoms with Gasteiger partial charge in [-0.3, -0.25) is 0 Å². The van der Waals surface area contributed by atoms with E-state index in [0.717, 1.165) is 17.7 Å². The maximum atomic E-state index is 9.07. The number of hydrogen-bond donors (Lipinski definition) is 3. The van der Waals surface area contributed by atoms with Crippen LogP contribution in [0.1, 0.15) is 18.9 Å². The van der Waals surface area contributed by atoms with E-state index in [-0.39, 0.29) is 12.6 Å². The first-order valence-corrected chi connectivity index (χ1v) is 6.30. The molecule has 1 atom stereocenters. The zero-order valence-corrected chi connectivity index (χ0v) is 11.5. The summed E-state index contributed by atoms with van der Waals surface area (Å²) in [5, 5.41) is 16.4. The highest BCUT2D eigenvalue weighted by atomic mass is 35.5. The number of rotatable bonds is 4. The van der Waals surface area contributed by atoms with Crippen molar-refractivity contribution in [3.8, 4) is 0 Å². The lowest BCUT2D eigenvalue weighted by Gasteiger charge is -2.18. The Kier molecular flexibility index (Phi) is 5.68. The van der Waals surface area contributed by atoms with Gasteiger partial charge in [0.25, 0.3) is 0 Å². The second kappa shape index (κ2) is 6.79. The Morgan fingerprint density at radius 3 is 2.82 bits per heavy atom. The maximum absolute atomic E-state index is 9.07. The summed E-state index contributed by atoms with van der Waals surface area (Å²) in [6.45, 7) is 3.98. The van der Waals surface area contributed by atoms with E-state index in [1.54, 1.807) is 0 Å². The molecule has 5 heteroatoms. The van der Waals surface area contributed by atoms with Gasteiger partial charge in [0.2, 0.25) is 0 Å². The third-order valence-electron chi connectivity index (χ3n) is 2.56. The molecule has 0 saturated heterocycles. The minimum atomic E-state index is -0.0190. The molecule has 0 radical (unpaired) electrons. The Hall–Kier alpha value is -0.840. The fourth-order valence-electron chi connectivity index (χ4n) is 1.36. The molecule has 1 rings (SSSR count). The number of aliphatic hydroxyl groups excluding tert-OH is 1. The Labute approximate surface area is 112 Å². The second-order valence-electron chi connectivity index (χ2n) is 3.80. The van der Waals surface area contributed by atoms with Crippen LogP contribution in [0.2, 0.25) is 5.02 Å². The molecule has 94 valence electrons. The van der Waals surface area contributed by atoms with Crippen LogP contribution in [0.4, 0.5) is 5.69 Å². The van der Waals surface area contributed by atoms with Crippen LogP contribution in [-0.4, -0.2) is 22.9 Å². The molecule has 0 saturated carbocycles. The molecule has 0 aliphatic rings. The van der Waals surface area contributed by atoms with Crippen molar-refractivity contribution in [2.45, 2.75) is 26.3 Å². The average molecular weight is 273 g/mol. The van der Waals surface area contributed by atoms with Crippen molar-refractivity contribution in [3.63, 3.8) is 0 Å². The van der Waals surface area contributed by atoms with Crippen LogP contribution < -0.4 is 10.6 Å². The van der Waals surface area contributed by atoms with Gasteiger partial charge in [-0.2, -0.15) is 0 Å². The van der Waals surface area contributed by atoms with Crippen LogP contribution in [0.5, 0.6) is 0 Å². The normalized spacial score (nSPS) is 12.0. The number of hydrogen-bond acceptors (Lipinski definition) is 2. The summed E-state index contributed by atoms with van der Waals surface area (Å²) in [6.07, 6.45) is 0.812. The van der Waals surface area contributed by atoms with E-state index < -0.39 is 0 Å². The summed E-state index contributed by atoms with van der Waals surface area (Å²) in [7, 11) is 0. The van der Waals surface area contributed by atoms with E-state index in [2.05, 4.69) is 10.6 Å². The molecule has 0 fully saturated rings. The van der Waals surface area contributed by atoms with E-state index in [1.165, 1.54) is 0 Å². The highest BCUT2D eigenvalue weighted by Crippen LogP contribution is 2.22. The lowest BCUT2D eigenvalue weighted by Crippen LogP contribution is -2.39. The van der Waals surface area contributed by atoms with Crippen molar-refractivity contribution in [1.82, 2.24) is 5.32 Å². The highest BCUT2D eigenvalue weighted by Gasteiger charge is 2.08. The van der Waals surface area contributed by atoms with Crippen LogP contribution in [0.15, 0.2) is 18.2 Å². The molecule has 1 aromatic carbocycles. The molecule has 0 bridgehead atoms. The van der Waals surface area contributed by atoms with Gasteiger partial charge in [0.15, 0.2) is 5.11 Å². The first kappa shape index (κ1) is 14.2. The van der Waals surface area contributed by atoms with E-state index in [0.29, 0.717) is 10.1 Å². The largest absolute Gasteiger partial charge is 0.394 e. The number of halogens is 1. The molecule has 3 N–H and O–H groups in total. The molecule has 0 aromatic heterocycles. The summed E-state index contributed by atoms with van der Waals surface area (Å²) >= 11 is 11.2. The van der Waals surface area contributed by atoms with Gasteiger partial charge in [-0.1, -0.05) is 24.6 Å². The third-order valence-corrected chi connectivity index (χ3v) is 3.19. The SMILES string of the molecule is CC[C@H](CO)NC(=S)Nc1cccc(Cl)c1C. The van der Waals surface area contributed by atoms with E-state index in [9.17, 15) is 0 Å². The Balaban J connectivity index is 2.65. The second-order valence-corrected chi connectivity index (χ2v) is 4.61. The molecule has 1 aromatic rings. The fourth-order valence-corrected chi connectivity index (χ4v) is 1.81. The molecule has 0 aliphatic heterocycles. The predicted octanol–water partition coefficient (Wildman–Crippen LogP) is 2.71. The predicted molar refractivity (Wildman–Crippen MR) is 76.7 cm³/mol. The van der Waals surface area contributed by atoms with Crippen LogP contribution in [0.25, 0.3) is 0 Å². The molecule has 3 nitrogen and oxygen atoms in total. The first-order chi connectivity index (χ1) is 8.08. The fraction of sp³-hybridized carbons (Fsp3) is 0.417. The summed E-state index contributed by atoms with van der Waals surface area (Å²) in [6, 6.07) is 5.59. The van der Waals surface area contributed by atoms with Gasteiger partial charge >= 0.3 is 0 Å². The van der Waals surface area contributed by atoms with Crippen LogP contribution in [-0.2, 0) is 0 Å². The van der Waals surface area contributed by atoms with Gasteiger partial charge in [0, 0.05) is 10.7 Å². The van der Waals surface area contributed by atoms with Gasteiger partial charge in [-0.05, 0) is 43.3 Å². The smallest absolute Gasteiger partial charge is 0.171 e. The number of benzene rings is 1. The summed E-state index contributed by atoms with van der Waals surface area (Å²) in [5.74, 6) is 0. The van der Waals surface area contributed by atoms with Crippen molar-refractivity contribution < 1.29 is 5.11 Å². The Morgan fingerprint density at radius 1 is 1.53 bits per heavy atom. The molecule has 0 aliphatic carbocycles. The first-order valence-electron chi connectivity index (χ1n) is 5.52. The Bertz CT molecular complexity index is 394. The topological polar surface area (TPSA) is 44.3 Å².